The van der Waals surface area contributed by atoms with E-state index in [-0.39, 0.29) is 5.56 Å². The van der Waals surface area contributed by atoms with Crippen LogP contribution in [0.3, 0.4) is 0 Å². The number of hydrogen-bond acceptors (Lipinski definition) is 5. The zero-order chi connectivity index (χ0) is 20.1. The fourth-order valence-electron chi connectivity index (χ4n) is 2.42. The molecule has 0 aliphatic heterocycles. The molecule has 150 valence electrons. The number of halogens is 1. The lowest BCUT2D eigenvalue weighted by Gasteiger charge is -2.12. The highest BCUT2D eigenvalue weighted by atomic mass is 35.5. The number of carbonyl (C=O) groups excluding carboxylic acids is 1. The van der Waals surface area contributed by atoms with Crippen molar-refractivity contribution < 1.29 is 29.3 Å². The first-order valence-electron chi connectivity index (χ1n) is 8.99. The molecule has 7 nitrogen and oxygen atoms in total. The Hall–Kier alpha value is -2.28. The predicted octanol–water partition coefficient (Wildman–Crippen LogP) is 3.76. The minimum Gasteiger partial charge on any atom is -0.481 e. The molecule has 8 heteroatoms. The number of esters is 1. The molecule has 0 saturated carbocycles. The largest absolute Gasteiger partial charge is 0.481 e. The summed E-state index contributed by atoms with van der Waals surface area (Å²) in [7, 11) is 0. The summed E-state index contributed by atoms with van der Waals surface area (Å²) in [6.45, 7) is 0.818. The first-order chi connectivity index (χ1) is 12.9. The van der Waals surface area contributed by atoms with Crippen LogP contribution < -0.4 is 5.32 Å². The van der Waals surface area contributed by atoms with Gasteiger partial charge < -0.3 is 20.3 Å². The molecule has 0 fully saturated rings. The first kappa shape index (κ1) is 22.8. The number of nitrogens with one attached hydrogen (secondary N) is 1. The van der Waals surface area contributed by atoms with Crippen LogP contribution in [0.1, 0.15) is 55.3 Å². The van der Waals surface area contributed by atoms with E-state index in [1.54, 1.807) is 12.1 Å². The molecule has 1 aromatic rings. The quantitative estimate of drug-likeness (QED) is 0.248. The lowest BCUT2D eigenvalue weighted by Crippen LogP contribution is -2.29. The van der Waals surface area contributed by atoms with Crippen molar-refractivity contribution in [3.05, 3.63) is 29.8 Å². The van der Waals surface area contributed by atoms with Gasteiger partial charge >= 0.3 is 17.9 Å². The number of carbonyl (C=O) groups is 3. The van der Waals surface area contributed by atoms with Gasteiger partial charge in [-0.1, -0.05) is 25.7 Å². The normalized spacial score (nSPS) is 11.6. The van der Waals surface area contributed by atoms with E-state index < -0.39 is 30.4 Å². The molecule has 1 atom stereocenters. The number of rotatable bonds is 14. The zero-order valence-corrected chi connectivity index (χ0v) is 15.9. The second-order valence-corrected chi connectivity index (χ2v) is 6.52. The molecule has 0 aromatic heterocycles. The standard InChI is InChI=1S/C19H26ClNO6/c20-11-5-3-1-2-4-6-12-21-15-9-7-14(8-10-15)19(26)27-16(18(24)25)13-17(22)23/h7-10,16,21H,1-6,11-13H2,(H,22,23)(H,24,25). The molecule has 0 radical (unpaired) electrons. The van der Waals surface area contributed by atoms with Crippen LogP contribution in [0, 0.1) is 0 Å². The minimum atomic E-state index is -1.71. The highest BCUT2D eigenvalue weighted by Gasteiger charge is 2.25. The van der Waals surface area contributed by atoms with Gasteiger partial charge in [0, 0.05) is 18.1 Å². The molecule has 1 unspecified atom stereocenters. The number of hydrogen-bond donors (Lipinski definition) is 3. The highest BCUT2D eigenvalue weighted by molar-refractivity contribution is 6.17. The molecule has 1 rings (SSSR count). The Labute approximate surface area is 163 Å². The fraction of sp³-hybridized carbons (Fsp3) is 0.526. The lowest BCUT2D eigenvalue weighted by molar-refractivity contribution is -0.153. The van der Waals surface area contributed by atoms with Crippen molar-refractivity contribution in [3.63, 3.8) is 0 Å². The molecule has 0 saturated heterocycles. The van der Waals surface area contributed by atoms with Crippen LogP contribution in [0.5, 0.6) is 0 Å². The summed E-state index contributed by atoms with van der Waals surface area (Å²) in [5.74, 6) is -2.99. The van der Waals surface area contributed by atoms with Crippen molar-refractivity contribution in [1.82, 2.24) is 0 Å². The van der Waals surface area contributed by atoms with Gasteiger partial charge in [0.15, 0.2) is 0 Å². The summed E-state index contributed by atoms with van der Waals surface area (Å²) < 4.78 is 4.75. The van der Waals surface area contributed by atoms with Gasteiger partial charge in [-0.2, -0.15) is 0 Å². The SMILES string of the molecule is O=C(O)CC(OC(=O)c1ccc(NCCCCCCCCCl)cc1)C(=O)O. The van der Waals surface area contributed by atoms with Gasteiger partial charge in [-0.15, -0.1) is 11.6 Å². The number of carboxylic acids is 2. The Morgan fingerprint density at radius 3 is 2.11 bits per heavy atom. The summed E-state index contributed by atoms with van der Waals surface area (Å²) in [4.78, 5) is 33.5. The Morgan fingerprint density at radius 2 is 1.56 bits per heavy atom. The van der Waals surface area contributed by atoms with E-state index in [0.717, 1.165) is 37.4 Å². The van der Waals surface area contributed by atoms with E-state index in [1.165, 1.54) is 31.4 Å². The molecule has 3 N–H and O–H groups in total. The number of anilines is 1. The summed E-state index contributed by atoms with van der Waals surface area (Å²) in [5, 5.41) is 20.8. The van der Waals surface area contributed by atoms with Crippen molar-refractivity contribution in [2.45, 2.75) is 51.0 Å². The van der Waals surface area contributed by atoms with E-state index in [2.05, 4.69) is 5.32 Å². The number of benzene rings is 1. The maximum atomic E-state index is 12.0. The molecular weight excluding hydrogens is 374 g/mol. The minimum absolute atomic E-state index is 0.163. The smallest absolute Gasteiger partial charge is 0.345 e. The van der Waals surface area contributed by atoms with Gasteiger partial charge in [-0.3, -0.25) is 4.79 Å². The van der Waals surface area contributed by atoms with Gasteiger partial charge in [0.1, 0.15) is 0 Å². The van der Waals surface area contributed by atoms with Crippen LogP contribution in [-0.2, 0) is 14.3 Å². The number of aliphatic carboxylic acids is 2. The van der Waals surface area contributed by atoms with Crippen LogP contribution >= 0.6 is 11.6 Å². The third-order valence-corrected chi connectivity index (χ3v) is 4.16. The molecule has 0 spiro atoms. The molecule has 27 heavy (non-hydrogen) atoms. The monoisotopic (exact) mass is 399 g/mol. The lowest BCUT2D eigenvalue weighted by atomic mass is 10.1. The average Bonchev–Trinajstić information content (AvgIpc) is 2.63. The number of ether oxygens (including phenoxy) is 1. The predicted molar refractivity (Wildman–Crippen MR) is 102 cm³/mol. The Kier molecular flexibility index (Phi) is 10.9. The third kappa shape index (κ3) is 9.84. The maximum absolute atomic E-state index is 12.0. The van der Waals surface area contributed by atoms with Crippen LogP contribution in [0.15, 0.2) is 24.3 Å². The van der Waals surface area contributed by atoms with Gasteiger partial charge in [0.05, 0.1) is 12.0 Å². The molecule has 0 bridgehead atoms. The van der Waals surface area contributed by atoms with Crippen molar-refractivity contribution in [1.29, 1.82) is 0 Å². The third-order valence-electron chi connectivity index (χ3n) is 3.89. The van der Waals surface area contributed by atoms with E-state index in [0.29, 0.717) is 0 Å². The van der Waals surface area contributed by atoms with E-state index in [9.17, 15) is 14.4 Å². The Balaban J connectivity index is 2.36. The summed E-state index contributed by atoms with van der Waals surface area (Å²) in [5.41, 5.74) is 1.01. The zero-order valence-electron chi connectivity index (χ0n) is 15.2. The van der Waals surface area contributed by atoms with Crippen molar-refractivity contribution in [2.75, 3.05) is 17.7 Å². The molecular formula is C19H26ClNO6. The molecule has 0 aliphatic carbocycles. The van der Waals surface area contributed by atoms with Crippen molar-refractivity contribution >= 4 is 35.2 Å². The van der Waals surface area contributed by atoms with Crippen molar-refractivity contribution in [3.8, 4) is 0 Å². The second-order valence-electron chi connectivity index (χ2n) is 6.14. The molecule has 1 aromatic carbocycles. The van der Waals surface area contributed by atoms with E-state index in [4.69, 9.17) is 26.6 Å². The Bertz CT molecular complexity index is 605. The second kappa shape index (κ2) is 13.0. The van der Waals surface area contributed by atoms with Crippen LogP contribution in [0.25, 0.3) is 0 Å². The summed E-state index contributed by atoms with van der Waals surface area (Å²) in [6.07, 6.45) is 4.30. The van der Waals surface area contributed by atoms with Crippen LogP contribution in [0.2, 0.25) is 0 Å². The van der Waals surface area contributed by atoms with E-state index in [1.807, 2.05) is 0 Å². The van der Waals surface area contributed by atoms with Gasteiger partial charge in [-0.05, 0) is 37.1 Å². The topological polar surface area (TPSA) is 113 Å². The number of alkyl halides is 1. The first-order valence-corrected chi connectivity index (χ1v) is 9.53. The molecule has 0 heterocycles. The fourth-order valence-corrected chi connectivity index (χ4v) is 2.61. The van der Waals surface area contributed by atoms with Gasteiger partial charge in [0.2, 0.25) is 6.10 Å². The molecule has 0 amide bonds. The van der Waals surface area contributed by atoms with Crippen LogP contribution in [0.4, 0.5) is 5.69 Å². The van der Waals surface area contributed by atoms with Gasteiger partial charge in [-0.25, -0.2) is 9.59 Å². The molecule has 0 aliphatic rings. The van der Waals surface area contributed by atoms with E-state index >= 15 is 0 Å². The Morgan fingerprint density at radius 1 is 0.963 bits per heavy atom. The summed E-state index contributed by atoms with van der Waals surface area (Å²) in [6, 6.07) is 6.42. The van der Waals surface area contributed by atoms with Crippen molar-refractivity contribution in [2.24, 2.45) is 0 Å². The van der Waals surface area contributed by atoms with Gasteiger partial charge in [0.25, 0.3) is 0 Å². The maximum Gasteiger partial charge on any atom is 0.345 e. The average molecular weight is 400 g/mol. The highest BCUT2D eigenvalue weighted by Crippen LogP contribution is 2.13. The number of carboxylic acid groups (broad SMARTS) is 2. The van der Waals surface area contributed by atoms with Crippen LogP contribution in [-0.4, -0.2) is 46.6 Å². The number of unbranched alkanes of at least 4 members (excludes halogenated alkanes) is 5. The summed E-state index contributed by atoms with van der Waals surface area (Å²) >= 11 is 5.63.